The molecule has 10 nitrogen and oxygen atoms in total. The van der Waals surface area contributed by atoms with Gasteiger partial charge in [0.15, 0.2) is 5.78 Å². The van der Waals surface area contributed by atoms with Crippen molar-refractivity contribution >= 4 is 35.0 Å². The highest BCUT2D eigenvalue weighted by atomic mass is 16.6. The van der Waals surface area contributed by atoms with Gasteiger partial charge >= 0.3 is 6.09 Å². The summed E-state index contributed by atoms with van der Waals surface area (Å²) in [6.45, 7) is 9.86. The Balaban J connectivity index is 1.42. The van der Waals surface area contributed by atoms with E-state index in [2.05, 4.69) is 31.8 Å². The molecule has 1 aliphatic rings. The van der Waals surface area contributed by atoms with Crippen molar-refractivity contribution in [3.63, 3.8) is 0 Å². The van der Waals surface area contributed by atoms with Crippen LogP contribution in [0.25, 0.3) is 0 Å². The fourth-order valence-electron chi connectivity index (χ4n) is 3.99. The molecule has 1 unspecified atom stereocenters. The van der Waals surface area contributed by atoms with E-state index in [9.17, 15) is 9.59 Å². The molecule has 192 valence electrons. The summed E-state index contributed by atoms with van der Waals surface area (Å²) in [5.74, 6) is 1.64. The molecule has 1 amide bonds. The minimum absolute atomic E-state index is 0.0109. The number of carbonyl (C=O) groups excluding carboxylic acids is 2. The quantitative estimate of drug-likeness (QED) is 0.402. The third-order valence-corrected chi connectivity index (χ3v) is 6.27. The van der Waals surface area contributed by atoms with Crippen molar-refractivity contribution in [3.8, 4) is 0 Å². The van der Waals surface area contributed by atoms with Gasteiger partial charge in [0.1, 0.15) is 18.2 Å². The third-order valence-electron chi connectivity index (χ3n) is 6.27. The van der Waals surface area contributed by atoms with Crippen LogP contribution in [0.2, 0.25) is 0 Å². The normalized spacial score (nSPS) is 15.9. The Bertz CT molecular complexity index is 1260. The smallest absolute Gasteiger partial charge is 0.415 e. The molecule has 1 saturated heterocycles. The maximum absolute atomic E-state index is 12.3. The molecule has 0 saturated carbocycles. The molecule has 0 bridgehead atoms. The summed E-state index contributed by atoms with van der Waals surface area (Å²) in [4.78, 5) is 45.3. The summed E-state index contributed by atoms with van der Waals surface area (Å²) in [5.41, 5.74) is 2.69. The second-order valence-corrected chi connectivity index (χ2v) is 9.23. The molecule has 1 fully saturated rings. The number of nitrogens with zero attached hydrogens (tertiary/aromatic N) is 6. The molecule has 1 aromatic carbocycles. The van der Waals surface area contributed by atoms with Gasteiger partial charge in [-0.05, 0) is 42.7 Å². The first kappa shape index (κ1) is 25.7. The predicted molar refractivity (Wildman–Crippen MR) is 142 cm³/mol. The van der Waals surface area contributed by atoms with Crippen molar-refractivity contribution in [1.82, 2.24) is 19.9 Å². The summed E-state index contributed by atoms with van der Waals surface area (Å²) in [7, 11) is 1.93. The molecule has 37 heavy (non-hydrogen) atoms. The minimum atomic E-state index is -0.403. The van der Waals surface area contributed by atoms with Crippen LogP contribution in [0.15, 0.2) is 61.6 Å². The molecule has 10 heteroatoms. The Morgan fingerprint density at radius 3 is 2.51 bits per heavy atom. The van der Waals surface area contributed by atoms with Crippen LogP contribution in [0.4, 0.5) is 27.9 Å². The number of aromatic nitrogens is 4. The van der Waals surface area contributed by atoms with Crippen LogP contribution < -0.4 is 15.1 Å². The zero-order valence-electron chi connectivity index (χ0n) is 21.5. The van der Waals surface area contributed by atoms with Gasteiger partial charge in [0, 0.05) is 25.4 Å². The predicted octanol–water partition coefficient (Wildman–Crippen LogP) is 4.49. The monoisotopic (exact) mass is 501 g/mol. The van der Waals surface area contributed by atoms with Gasteiger partial charge in [-0.15, -0.1) is 0 Å². The van der Waals surface area contributed by atoms with E-state index in [1.807, 2.05) is 57.0 Å². The first-order valence-electron chi connectivity index (χ1n) is 12.1. The Morgan fingerprint density at radius 1 is 1.16 bits per heavy atom. The summed E-state index contributed by atoms with van der Waals surface area (Å²) in [6.07, 6.45) is 6.38. The minimum Gasteiger partial charge on any atom is -0.447 e. The van der Waals surface area contributed by atoms with Crippen molar-refractivity contribution in [2.75, 3.05) is 28.8 Å². The summed E-state index contributed by atoms with van der Waals surface area (Å²) >= 11 is 0. The molecule has 2 atom stereocenters. The van der Waals surface area contributed by atoms with Crippen LogP contribution in [0.1, 0.15) is 38.2 Å². The summed E-state index contributed by atoms with van der Waals surface area (Å²) in [5, 5.41) is 3.21. The van der Waals surface area contributed by atoms with E-state index >= 15 is 0 Å². The van der Waals surface area contributed by atoms with E-state index < -0.39 is 6.09 Å². The van der Waals surface area contributed by atoms with Gasteiger partial charge in [-0.2, -0.15) is 4.98 Å². The second kappa shape index (κ2) is 11.2. The average Bonchev–Trinajstić information content (AvgIpc) is 3.30. The van der Waals surface area contributed by atoms with Gasteiger partial charge in [0.25, 0.3) is 0 Å². The highest BCUT2D eigenvalue weighted by Gasteiger charge is 2.37. The van der Waals surface area contributed by atoms with Gasteiger partial charge in [-0.1, -0.05) is 32.6 Å². The molecule has 0 aliphatic carbocycles. The molecular weight excluding hydrogens is 470 g/mol. The summed E-state index contributed by atoms with van der Waals surface area (Å²) in [6, 6.07) is 9.10. The van der Waals surface area contributed by atoms with E-state index in [1.165, 1.54) is 6.08 Å². The molecule has 2 aromatic heterocycles. The first-order valence-corrected chi connectivity index (χ1v) is 12.1. The number of anilines is 4. The van der Waals surface area contributed by atoms with Crippen LogP contribution in [-0.4, -0.2) is 51.5 Å². The lowest BCUT2D eigenvalue weighted by Crippen LogP contribution is -2.37. The van der Waals surface area contributed by atoms with Gasteiger partial charge in [-0.3, -0.25) is 9.69 Å². The maximum atomic E-state index is 12.3. The number of ketones is 1. The lowest BCUT2D eigenvalue weighted by Gasteiger charge is -2.23. The van der Waals surface area contributed by atoms with Crippen molar-refractivity contribution in [1.29, 1.82) is 0 Å². The second-order valence-electron chi connectivity index (χ2n) is 9.23. The largest absolute Gasteiger partial charge is 0.447 e. The SMILES string of the molecule is C=CC(=O)Cc1ccc(N(C)c2cnc(C(C)Nc3nccc(N4C(=O)OC[C@@H]4C(C)C)n3)nc2)cc1. The first-order chi connectivity index (χ1) is 17.8. The highest BCUT2D eigenvalue weighted by Crippen LogP contribution is 2.27. The van der Waals surface area contributed by atoms with Crippen LogP contribution in [0.3, 0.4) is 0 Å². The molecule has 1 aliphatic heterocycles. The fourth-order valence-corrected chi connectivity index (χ4v) is 3.99. The molecular formula is C27H31N7O3. The zero-order valence-corrected chi connectivity index (χ0v) is 21.5. The Hall–Kier alpha value is -4.34. The lowest BCUT2D eigenvalue weighted by molar-refractivity contribution is -0.114. The number of carbonyl (C=O) groups is 2. The Morgan fingerprint density at radius 2 is 1.86 bits per heavy atom. The number of nitrogens with one attached hydrogen (secondary N) is 1. The number of hydrogen-bond acceptors (Lipinski definition) is 9. The molecule has 0 radical (unpaired) electrons. The van der Waals surface area contributed by atoms with Gasteiger partial charge in [0.05, 0.1) is 30.2 Å². The number of rotatable bonds is 10. The van der Waals surface area contributed by atoms with E-state index in [4.69, 9.17) is 4.74 Å². The van der Waals surface area contributed by atoms with Crippen molar-refractivity contribution < 1.29 is 14.3 Å². The van der Waals surface area contributed by atoms with Crippen LogP contribution in [0.5, 0.6) is 0 Å². The molecule has 3 aromatic rings. The van der Waals surface area contributed by atoms with E-state index in [1.54, 1.807) is 29.6 Å². The van der Waals surface area contributed by atoms with E-state index in [0.717, 1.165) is 16.9 Å². The van der Waals surface area contributed by atoms with Gasteiger partial charge < -0.3 is 15.0 Å². The Labute approximate surface area is 216 Å². The maximum Gasteiger partial charge on any atom is 0.415 e. The van der Waals surface area contributed by atoms with E-state index in [0.29, 0.717) is 30.6 Å². The molecule has 0 spiro atoms. The topological polar surface area (TPSA) is 113 Å². The standard InChI is InChI=1S/C27H31N7O3/c1-6-22(35)13-19-7-9-20(10-8-19)33(5)21-14-29-25(30-15-21)18(4)31-26-28-12-11-24(32-26)34-23(17(2)3)16-37-27(34)36/h6-12,14-15,17-18,23H,1,13,16H2,2-5H3,(H,28,31,32)/t18?,23-/m1/s1. The number of amides is 1. The van der Waals surface area contributed by atoms with Gasteiger partial charge in [0.2, 0.25) is 5.95 Å². The van der Waals surface area contributed by atoms with Crippen molar-refractivity contribution in [2.45, 2.75) is 39.3 Å². The Kier molecular flexibility index (Phi) is 7.76. The van der Waals surface area contributed by atoms with Crippen molar-refractivity contribution in [2.24, 2.45) is 5.92 Å². The van der Waals surface area contributed by atoms with Crippen LogP contribution in [0, 0.1) is 5.92 Å². The lowest BCUT2D eigenvalue weighted by atomic mass is 10.0. The summed E-state index contributed by atoms with van der Waals surface area (Å²) < 4.78 is 5.24. The number of benzene rings is 1. The molecule has 4 rings (SSSR count). The third kappa shape index (κ3) is 5.91. The number of cyclic esters (lactones) is 1. The highest BCUT2D eigenvalue weighted by molar-refractivity contribution is 5.91. The van der Waals surface area contributed by atoms with E-state index in [-0.39, 0.29) is 23.8 Å². The average molecular weight is 502 g/mol. The van der Waals surface area contributed by atoms with Crippen LogP contribution >= 0.6 is 0 Å². The van der Waals surface area contributed by atoms with Gasteiger partial charge in [-0.25, -0.2) is 19.7 Å². The van der Waals surface area contributed by atoms with Crippen LogP contribution in [-0.2, 0) is 16.0 Å². The number of allylic oxidation sites excluding steroid dienone is 1. The molecule has 3 heterocycles. The number of ether oxygens (including phenoxy) is 1. The number of hydrogen-bond donors (Lipinski definition) is 1. The van der Waals surface area contributed by atoms with Crippen molar-refractivity contribution in [3.05, 3.63) is 73.0 Å². The fraction of sp³-hybridized carbons (Fsp3) is 0.333. The zero-order chi connectivity index (χ0) is 26.5. The molecule has 1 N–H and O–H groups in total.